The highest BCUT2D eigenvalue weighted by molar-refractivity contribution is 5.94. The van der Waals surface area contributed by atoms with E-state index in [2.05, 4.69) is 10.3 Å². The Balaban J connectivity index is 2.56. The molecule has 0 spiro atoms. The van der Waals surface area contributed by atoms with Gasteiger partial charge in [-0.2, -0.15) is 0 Å². The van der Waals surface area contributed by atoms with Crippen LogP contribution in [0.3, 0.4) is 0 Å². The Bertz CT molecular complexity index is 407. The smallest absolute Gasteiger partial charge is 0.253 e. The molecule has 1 atom stereocenters. The van der Waals surface area contributed by atoms with Gasteiger partial charge in [0.05, 0.1) is 18.3 Å². The average molecular weight is 225 g/mol. The number of primary amides is 1. The first-order valence-corrected chi connectivity index (χ1v) is 4.40. The highest BCUT2D eigenvalue weighted by Gasteiger charge is 2.13. The molecule has 0 aliphatic rings. The summed E-state index contributed by atoms with van der Waals surface area (Å²) in [6.07, 6.45) is 0.981. The number of aromatic hydroxyl groups is 1. The van der Waals surface area contributed by atoms with Gasteiger partial charge in [-0.25, -0.2) is 0 Å². The quantitative estimate of drug-likeness (QED) is 0.489. The SMILES string of the molecule is NC(=O)C(O)CNC(=O)c1cncc(O)c1. The lowest BCUT2D eigenvalue weighted by atomic mass is 10.2. The largest absolute Gasteiger partial charge is 0.506 e. The van der Waals surface area contributed by atoms with Crippen LogP contribution in [0.1, 0.15) is 10.4 Å². The van der Waals surface area contributed by atoms with Crippen LogP contribution in [0.2, 0.25) is 0 Å². The fourth-order valence-corrected chi connectivity index (χ4v) is 0.944. The molecule has 7 nitrogen and oxygen atoms in total. The molecule has 0 fully saturated rings. The fourth-order valence-electron chi connectivity index (χ4n) is 0.944. The number of nitrogens with zero attached hydrogens (tertiary/aromatic N) is 1. The molecule has 1 unspecified atom stereocenters. The molecule has 0 aliphatic carbocycles. The number of aromatic nitrogens is 1. The van der Waals surface area contributed by atoms with Crippen LogP contribution in [0.4, 0.5) is 0 Å². The van der Waals surface area contributed by atoms with Crippen LogP contribution in [0.25, 0.3) is 0 Å². The van der Waals surface area contributed by atoms with Crippen molar-refractivity contribution in [2.75, 3.05) is 6.54 Å². The molecule has 0 saturated heterocycles. The number of carbonyl (C=O) groups is 2. The van der Waals surface area contributed by atoms with Crippen molar-refractivity contribution in [3.63, 3.8) is 0 Å². The van der Waals surface area contributed by atoms with Crippen LogP contribution in [-0.4, -0.2) is 39.7 Å². The number of aliphatic hydroxyl groups excluding tert-OH is 1. The van der Waals surface area contributed by atoms with E-state index in [1.54, 1.807) is 0 Å². The van der Waals surface area contributed by atoms with Crippen molar-refractivity contribution in [2.24, 2.45) is 5.73 Å². The van der Waals surface area contributed by atoms with Crippen LogP contribution in [0.5, 0.6) is 5.75 Å². The molecule has 0 saturated carbocycles. The molecule has 0 bridgehead atoms. The Hall–Kier alpha value is -2.15. The van der Waals surface area contributed by atoms with Crippen molar-refractivity contribution >= 4 is 11.8 Å². The van der Waals surface area contributed by atoms with Gasteiger partial charge >= 0.3 is 0 Å². The van der Waals surface area contributed by atoms with Crippen molar-refractivity contribution in [3.8, 4) is 5.75 Å². The average Bonchev–Trinajstić information content (AvgIpc) is 2.25. The van der Waals surface area contributed by atoms with E-state index in [9.17, 15) is 9.59 Å². The van der Waals surface area contributed by atoms with E-state index in [1.165, 1.54) is 18.5 Å². The maximum atomic E-state index is 11.4. The third kappa shape index (κ3) is 3.21. The van der Waals surface area contributed by atoms with Gasteiger partial charge in [0.15, 0.2) is 0 Å². The molecule has 1 rings (SSSR count). The number of carbonyl (C=O) groups excluding carboxylic acids is 2. The number of rotatable bonds is 4. The van der Waals surface area contributed by atoms with Gasteiger partial charge in [0.1, 0.15) is 11.9 Å². The first-order chi connectivity index (χ1) is 7.50. The molecule has 86 valence electrons. The molecule has 1 aromatic heterocycles. The maximum Gasteiger partial charge on any atom is 0.253 e. The molecule has 1 heterocycles. The van der Waals surface area contributed by atoms with Crippen molar-refractivity contribution in [3.05, 3.63) is 24.0 Å². The van der Waals surface area contributed by atoms with Crippen LogP contribution >= 0.6 is 0 Å². The molecule has 2 amide bonds. The zero-order valence-corrected chi connectivity index (χ0v) is 8.25. The number of pyridine rings is 1. The van der Waals surface area contributed by atoms with Crippen molar-refractivity contribution < 1.29 is 19.8 Å². The molecule has 0 radical (unpaired) electrons. The lowest BCUT2D eigenvalue weighted by Gasteiger charge is -2.08. The van der Waals surface area contributed by atoms with Gasteiger partial charge in [0, 0.05) is 6.20 Å². The van der Waals surface area contributed by atoms with Gasteiger partial charge in [-0.1, -0.05) is 0 Å². The first-order valence-electron chi connectivity index (χ1n) is 4.40. The fraction of sp³-hybridized carbons (Fsp3) is 0.222. The van der Waals surface area contributed by atoms with E-state index in [4.69, 9.17) is 15.9 Å². The van der Waals surface area contributed by atoms with Gasteiger partial charge in [0.2, 0.25) is 5.91 Å². The summed E-state index contributed by atoms with van der Waals surface area (Å²) in [5.74, 6) is -1.64. The summed E-state index contributed by atoms with van der Waals surface area (Å²) in [6.45, 7) is -0.288. The van der Waals surface area contributed by atoms with E-state index < -0.39 is 17.9 Å². The summed E-state index contributed by atoms with van der Waals surface area (Å²) in [5, 5.41) is 20.4. The van der Waals surface area contributed by atoms with Crippen molar-refractivity contribution in [2.45, 2.75) is 6.10 Å². The Kier molecular flexibility index (Phi) is 3.78. The van der Waals surface area contributed by atoms with Crippen LogP contribution in [-0.2, 0) is 4.79 Å². The molecule has 0 aromatic carbocycles. The van der Waals surface area contributed by atoms with Gasteiger partial charge in [-0.15, -0.1) is 0 Å². The number of nitrogens with one attached hydrogen (secondary N) is 1. The van der Waals surface area contributed by atoms with Crippen LogP contribution in [0, 0.1) is 0 Å². The predicted octanol–water partition coefficient (Wildman–Crippen LogP) is -1.64. The minimum Gasteiger partial charge on any atom is -0.506 e. The molecule has 5 N–H and O–H groups in total. The first kappa shape index (κ1) is 11.9. The summed E-state index contributed by atoms with van der Waals surface area (Å²) in [5.41, 5.74) is 4.91. The van der Waals surface area contributed by atoms with E-state index in [0.717, 1.165) is 0 Å². The number of nitrogens with two attached hydrogens (primary N) is 1. The van der Waals surface area contributed by atoms with Gasteiger partial charge in [0.25, 0.3) is 5.91 Å². The highest BCUT2D eigenvalue weighted by Crippen LogP contribution is 2.07. The van der Waals surface area contributed by atoms with Crippen molar-refractivity contribution in [1.82, 2.24) is 10.3 Å². The van der Waals surface area contributed by atoms with E-state index in [1.807, 2.05) is 0 Å². The summed E-state index contributed by atoms with van der Waals surface area (Å²) >= 11 is 0. The normalized spacial score (nSPS) is 11.8. The summed E-state index contributed by atoms with van der Waals surface area (Å²) in [6, 6.07) is 1.21. The molecule has 16 heavy (non-hydrogen) atoms. The Morgan fingerprint density at radius 1 is 1.50 bits per heavy atom. The second kappa shape index (κ2) is 5.08. The molecule has 1 aromatic rings. The van der Waals surface area contributed by atoms with Gasteiger partial charge in [-0.3, -0.25) is 14.6 Å². The summed E-state index contributed by atoms with van der Waals surface area (Å²) in [7, 11) is 0. The third-order valence-corrected chi connectivity index (χ3v) is 1.77. The lowest BCUT2D eigenvalue weighted by Crippen LogP contribution is -2.39. The maximum absolute atomic E-state index is 11.4. The Labute approximate surface area is 90.9 Å². The summed E-state index contributed by atoms with van der Waals surface area (Å²) in [4.78, 5) is 25.5. The standard InChI is InChI=1S/C9H11N3O4/c10-8(15)7(14)4-12-9(16)5-1-6(13)3-11-2-5/h1-3,7,13-14H,4H2,(H2,10,15)(H,12,16). The highest BCUT2D eigenvalue weighted by atomic mass is 16.3. The van der Waals surface area contributed by atoms with E-state index in [0.29, 0.717) is 0 Å². The number of hydrogen-bond donors (Lipinski definition) is 4. The van der Waals surface area contributed by atoms with E-state index >= 15 is 0 Å². The van der Waals surface area contributed by atoms with E-state index in [-0.39, 0.29) is 17.9 Å². The number of hydrogen-bond acceptors (Lipinski definition) is 5. The second-order valence-electron chi connectivity index (χ2n) is 3.06. The Morgan fingerprint density at radius 2 is 2.19 bits per heavy atom. The monoisotopic (exact) mass is 225 g/mol. The minimum atomic E-state index is -1.44. The molecule has 0 aliphatic heterocycles. The predicted molar refractivity (Wildman–Crippen MR) is 53.4 cm³/mol. The second-order valence-corrected chi connectivity index (χ2v) is 3.06. The Morgan fingerprint density at radius 3 is 2.75 bits per heavy atom. The number of amides is 2. The van der Waals surface area contributed by atoms with Gasteiger partial charge in [-0.05, 0) is 6.07 Å². The lowest BCUT2D eigenvalue weighted by molar-refractivity contribution is -0.125. The molecular formula is C9H11N3O4. The zero-order chi connectivity index (χ0) is 12.1. The minimum absolute atomic E-state index is 0.122. The number of aliphatic hydroxyl groups is 1. The topological polar surface area (TPSA) is 126 Å². The van der Waals surface area contributed by atoms with Crippen molar-refractivity contribution in [1.29, 1.82) is 0 Å². The molecule has 7 heteroatoms. The van der Waals surface area contributed by atoms with Gasteiger partial charge < -0.3 is 21.3 Å². The van der Waals surface area contributed by atoms with Crippen LogP contribution < -0.4 is 11.1 Å². The zero-order valence-electron chi connectivity index (χ0n) is 8.25. The van der Waals surface area contributed by atoms with Crippen LogP contribution in [0.15, 0.2) is 18.5 Å². The summed E-state index contributed by atoms with van der Waals surface area (Å²) < 4.78 is 0. The third-order valence-electron chi connectivity index (χ3n) is 1.77. The molecular weight excluding hydrogens is 214 g/mol.